The summed E-state index contributed by atoms with van der Waals surface area (Å²) in [6.45, 7) is 0. The minimum Gasteiger partial charge on any atom is -0.211 e. The first kappa shape index (κ1) is 8.36. The van der Waals surface area contributed by atoms with Crippen LogP contribution >= 0.6 is 0 Å². The van der Waals surface area contributed by atoms with Crippen LogP contribution < -0.4 is 0 Å². The number of isocyanates is 2. The van der Waals surface area contributed by atoms with Crippen LogP contribution in [0.15, 0.2) is 9.98 Å². The molecule has 0 radical (unpaired) electrons. The molecule has 2 fully saturated rings. The van der Waals surface area contributed by atoms with Crippen molar-refractivity contribution in [3.63, 3.8) is 0 Å². The highest BCUT2D eigenvalue weighted by atomic mass is 16.1. The van der Waals surface area contributed by atoms with Gasteiger partial charge in [-0.3, -0.25) is 0 Å². The van der Waals surface area contributed by atoms with E-state index in [1.807, 2.05) is 0 Å². The van der Waals surface area contributed by atoms with E-state index in [0.717, 1.165) is 19.3 Å². The first-order chi connectivity index (χ1) is 6.35. The van der Waals surface area contributed by atoms with Gasteiger partial charge in [0.25, 0.3) is 0 Å². The van der Waals surface area contributed by atoms with Crippen molar-refractivity contribution in [3.8, 4) is 0 Å². The summed E-state index contributed by atoms with van der Waals surface area (Å²) in [5.41, 5.74) is 0. The van der Waals surface area contributed by atoms with E-state index < -0.39 is 0 Å². The Morgan fingerprint density at radius 2 is 1.31 bits per heavy atom. The molecule has 0 N–H and O–H groups in total. The summed E-state index contributed by atoms with van der Waals surface area (Å²) in [5.74, 6) is 0.877. The van der Waals surface area contributed by atoms with Crippen LogP contribution in [0.5, 0.6) is 0 Å². The van der Waals surface area contributed by atoms with Gasteiger partial charge in [-0.25, -0.2) is 19.6 Å². The van der Waals surface area contributed by atoms with Crippen LogP contribution in [0.2, 0.25) is 0 Å². The average molecular weight is 178 g/mol. The summed E-state index contributed by atoms with van der Waals surface area (Å²) < 4.78 is 0. The van der Waals surface area contributed by atoms with Crippen molar-refractivity contribution >= 4 is 12.2 Å². The maximum atomic E-state index is 10.1. The average Bonchev–Trinajstić information content (AvgIpc) is 2.65. The standard InChI is InChI=1S/C9H10N2O2/c12-4-10-8-2-6-1-7(8)3-9(6)11-5-13/h6-9H,1-3H2/t6?,7?,8-,9+. The van der Waals surface area contributed by atoms with Gasteiger partial charge >= 0.3 is 0 Å². The predicted molar refractivity (Wildman–Crippen MR) is 44.7 cm³/mol. The van der Waals surface area contributed by atoms with Gasteiger partial charge in [-0.2, -0.15) is 0 Å². The highest BCUT2D eigenvalue weighted by Crippen LogP contribution is 2.47. The molecule has 2 bridgehead atoms. The quantitative estimate of drug-likeness (QED) is 0.464. The van der Waals surface area contributed by atoms with E-state index in [1.165, 1.54) is 0 Å². The lowest BCUT2D eigenvalue weighted by Crippen LogP contribution is -2.22. The van der Waals surface area contributed by atoms with Crippen molar-refractivity contribution in [2.45, 2.75) is 31.3 Å². The van der Waals surface area contributed by atoms with Gasteiger partial charge in [-0.1, -0.05) is 0 Å². The van der Waals surface area contributed by atoms with Gasteiger partial charge in [0.1, 0.15) is 0 Å². The Bertz CT molecular complexity index is 273. The van der Waals surface area contributed by atoms with E-state index in [4.69, 9.17) is 0 Å². The molecule has 13 heavy (non-hydrogen) atoms. The highest BCUT2D eigenvalue weighted by molar-refractivity contribution is 5.35. The van der Waals surface area contributed by atoms with E-state index in [2.05, 4.69) is 9.98 Å². The maximum Gasteiger partial charge on any atom is 0.235 e. The topological polar surface area (TPSA) is 58.9 Å². The molecular weight excluding hydrogens is 168 g/mol. The van der Waals surface area contributed by atoms with E-state index in [1.54, 1.807) is 12.2 Å². The van der Waals surface area contributed by atoms with Crippen LogP contribution in [0.3, 0.4) is 0 Å². The van der Waals surface area contributed by atoms with Crippen LogP contribution in [0.4, 0.5) is 0 Å². The second-order valence-corrected chi connectivity index (χ2v) is 3.80. The molecule has 68 valence electrons. The van der Waals surface area contributed by atoms with Gasteiger partial charge < -0.3 is 0 Å². The zero-order valence-corrected chi connectivity index (χ0v) is 7.14. The zero-order chi connectivity index (χ0) is 9.26. The lowest BCUT2D eigenvalue weighted by molar-refractivity contribution is 0.375. The number of hydrogen-bond donors (Lipinski definition) is 0. The Morgan fingerprint density at radius 3 is 1.62 bits per heavy atom. The molecule has 4 nitrogen and oxygen atoms in total. The molecule has 0 spiro atoms. The fourth-order valence-corrected chi connectivity index (χ4v) is 2.67. The van der Waals surface area contributed by atoms with Crippen LogP contribution in [-0.4, -0.2) is 24.2 Å². The number of aliphatic imine (C=N–C) groups is 2. The molecule has 0 amide bonds. The van der Waals surface area contributed by atoms with Crippen LogP contribution in [0, 0.1) is 11.8 Å². The third-order valence-corrected chi connectivity index (χ3v) is 3.22. The number of rotatable bonds is 2. The third-order valence-electron chi connectivity index (χ3n) is 3.22. The fraction of sp³-hybridized carbons (Fsp3) is 0.778. The molecule has 0 heterocycles. The number of nitrogens with zero attached hydrogens (tertiary/aromatic N) is 2. The molecule has 4 atom stereocenters. The van der Waals surface area contributed by atoms with Crippen molar-refractivity contribution in [2.75, 3.05) is 0 Å². The monoisotopic (exact) mass is 178 g/mol. The molecule has 0 aromatic carbocycles. The summed E-state index contributed by atoms with van der Waals surface area (Å²) in [6, 6.07) is 0.279. The molecule has 0 saturated heterocycles. The first-order valence-corrected chi connectivity index (χ1v) is 4.49. The van der Waals surface area contributed by atoms with Crippen molar-refractivity contribution in [3.05, 3.63) is 0 Å². The van der Waals surface area contributed by atoms with Gasteiger partial charge in [-0.15, -0.1) is 0 Å². The SMILES string of the molecule is O=C=N[C@H]1CC2CC1C[C@H]2N=C=O. The summed E-state index contributed by atoms with van der Waals surface area (Å²) >= 11 is 0. The molecule has 0 aliphatic heterocycles. The van der Waals surface area contributed by atoms with Crippen molar-refractivity contribution < 1.29 is 9.59 Å². The van der Waals surface area contributed by atoms with Crippen LogP contribution in [0.25, 0.3) is 0 Å². The summed E-state index contributed by atoms with van der Waals surface area (Å²) in [6.07, 6.45) is 6.03. The van der Waals surface area contributed by atoms with E-state index >= 15 is 0 Å². The molecule has 2 aliphatic carbocycles. The van der Waals surface area contributed by atoms with Gasteiger partial charge in [0.05, 0.1) is 12.1 Å². The lowest BCUT2D eigenvalue weighted by Gasteiger charge is -2.20. The summed E-state index contributed by atoms with van der Waals surface area (Å²) in [4.78, 5) is 27.6. The van der Waals surface area contributed by atoms with Gasteiger partial charge in [0.2, 0.25) is 12.2 Å². The molecule has 4 heteroatoms. The highest BCUT2D eigenvalue weighted by Gasteiger charge is 2.46. The van der Waals surface area contributed by atoms with Gasteiger partial charge in [0, 0.05) is 0 Å². The molecule has 2 saturated carbocycles. The Labute approximate surface area is 75.8 Å². The molecule has 0 aromatic rings. The second-order valence-electron chi connectivity index (χ2n) is 3.80. The number of fused-ring (bicyclic) bond motifs is 2. The van der Waals surface area contributed by atoms with Crippen LogP contribution in [-0.2, 0) is 9.59 Å². The Morgan fingerprint density at radius 1 is 0.846 bits per heavy atom. The number of hydrogen-bond acceptors (Lipinski definition) is 4. The van der Waals surface area contributed by atoms with E-state index in [0.29, 0.717) is 11.8 Å². The number of carbonyl (C=O) groups excluding carboxylic acids is 2. The van der Waals surface area contributed by atoms with Crippen molar-refractivity contribution in [2.24, 2.45) is 21.8 Å². The Hall–Kier alpha value is -1.24. The van der Waals surface area contributed by atoms with Gasteiger partial charge in [0.15, 0.2) is 0 Å². The minimum atomic E-state index is 0.139. The summed E-state index contributed by atoms with van der Waals surface area (Å²) in [7, 11) is 0. The lowest BCUT2D eigenvalue weighted by atomic mass is 9.92. The predicted octanol–water partition coefficient (Wildman–Crippen LogP) is 0.825. The maximum absolute atomic E-state index is 10.1. The fourth-order valence-electron chi connectivity index (χ4n) is 2.67. The molecule has 0 aromatic heterocycles. The molecule has 2 unspecified atom stereocenters. The first-order valence-electron chi connectivity index (χ1n) is 4.49. The Balaban J connectivity index is 2.06. The minimum absolute atomic E-state index is 0.139. The Kier molecular flexibility index (Phi) is 2.09. The van der Waals surface area contributed by atoms with Crippen molar-refractivity contribution in [1.82, 2.24) is 0 Å². The molecule has 2 rings (SSSR count). The zero-order valence-electron chi connectivity index (χ0n) is 7.14. The smallest absolute Gasteiger partial charge is 0.211 e. The normalized spacial score (nSPS) is 40.9. The van der Waals surface area contributed by atoms with Gasteiger partial charge in [-0.05, 0) is 31.1 Å². The second kappa shape index (κ2) is 3.25. The van der Waals surface area contributed by atoms with Crippen molar-refractivity contribution in [1.29, 1.82) is 0 Å². The summed E-state index contributed by atoms with van der Waals surface area (Å²) in [5, 5.41) is 0. The van der Waals surface area contributed by atoms with E-state index in [9.17, 15) is 9.59 Å². The largest absolute Gasteiger partial charge is 0.235 e. The third kappa shape index (κ3) is 1.35. The molecular formula is C9H10N2O2. The van der Waals surface area contributed by atoms with E-state index in [-0.39, 0.29) is 12.1 Å². The molecule has 2 aliphatic rings. The van der Waals surface area contributed by atoms with Crippen LogP contribution in [0.1, 0.15) is 19.3 Å².